The number of oxime groups is 1. The Kier molecular flexibility index (Phi) is 5.37. The highest BCUT2D eigenvalue weighted by Crippen LogP contribution is 2.40. The number of hydrogen-bond donors (Lipinski definition) is 1. The van der Waals surface area contributed by atoms with Crippen molar-refractivity contribution in [1.29, 1.82) is 0 Å². The Bertz CT molecular complexity index is 533. The summed E-state index contributed by atoms with van der Waals surface area (Å²) in [5.74, 6) is 1.13. The first kappa shape index (κ1) is 17.6. The summed E-state index contributed by atoms with van der Waals surface area (Å²) in [5, 5.41) is 14.8. The average molecular weight is 353 g/mol. The largest absolute Gasteiger partial charge is 0.465 e. The van der Waals surface area contributed by atoms with E-state index in [0.29, 0.717) is 24.9 Å². The van der Waals surface area contributed by atoms with E-state index in [1.54, 1.807) is 11.8 Å². The van der Waals surface area contributed by atoms with Crippen LogP contribution >= 0.6 is 11.8 Å². The molecule has 2 fully saturated rings. The fourth-order valence-electron chi connectivity index (χ4n) is 4.26. The van der Waals surface area contributed by atoms with Gasteiger partial charge in [0, 0.05) is 51.2 Å². The van der Waals surface area contributed by atoms with Crippen LogP contribution in [-0.4, -0.2) is 58.8 Å². The smallest absolute Gasteiger partial charge is 0.407 e. The Morgan fingerprint density at radius 2 is 2.00 bits per heavy atom. The Morgan fingerprint density at radius 1 is 1.33 bits per heavy atom. The SMILES string of the molecule is CN=C(SC)[C@H]1CC[C@H](C2=NOC3(CCN(C(=O)O)CC3)C2)CC1. The quantitative estimate of drug-likeness (QED) is 0.609. The molecule has 0 unspecified atom stereocenters. The molecule has 0 radical (unpaired) electrons. The molecule has 0 atom stereocenters. The maximum absolute atomic E-state index is 11.0. The highest BCUT2D eigenvalue weighted by Gasteiger charge is 2.44. The van der Waals surface area contributed by atoms with Crippen LogP contribution in [0.4, 0.5) is 4.79 Å². The molecule has 1 spiro atoms. The zero-order valence-corrected chi connectivity index (χ0v) is 15.3. The maximum Gasteiger partial charge on any atom is 0.407 e. The minimum Gasteiger partial charge on any atom is -0.465 e. The molecule has 1 N–H and O–H groups in total. The number of nitrogens with zero attached hydrogens (tertiary/aromatic N) is 3. The van der Waals surface area contributed by atoms with Crippen molar-refractivity contribution >= 4 is 28.6 Å². The monoisotopic (exact) mass is 353 g/mol. The van der Waals surface area contributed by atoms with E-state index in [1.165, 1.54) is 28.5 Å². The van der Waals surface area contributed by atoms with Crippen LogP contribution in [0.5, 0.6) is 0 Å². The van der Waals surface area contributed by atoms with E-state index in [-0.39, 0.29) is 5.60 Å². The van der Waals surface area contributed by atoms with Crippen molar-refractivity contribution in [1.82, 2.24) is 4.90 Å². The molecule has 0 aromatic carbocycles. The highest BCUT2D eigenvalue weighted by molar-refractivity contribution is 8.13. The zero-order chi connectivity index (χ0) is 17.2. The number of amides is 1. The van der Waals surface area contributed by atoms with E-state index in [2.05, 4.69) is 16.4 Å². The molecule has 3 rings (SSSR count). The van der Waals surface area contributed by atoms with Crippen LogP contribution < -0.4 is 0 Å². The number of likely N-dealkylation sites (tertiary alicyclic amines) is 1. The summed E-state index contributed by atoms with van der Waals surface area (Å²) < 4.78 is 0. The second kappa shape index (κ2) is 7.33. The van der Waals surface area contributed by atoms with E-state index in [4.69, 9.17) is 9.94 Å². The number of carboxylic acid groups (broad SMARTS) is 1. The topological polar surface area (TPSA) is 74.5 Å². The molecule has 0 bridgehead atoms. The fourth-order valence-corrected chi connectivity index (χ4v) is 5.01. The first-order valence-electron chi connectivity index (χ1n) is 8.80. The first-order chi connectivity index (χ1) is 11.6. The summed E-state index contributed by atoms with van der Waals surface area (Å²) in [5.41, 5.74) is 0.962. The number of hydrogen-bond acceptors (Lipinski definition) is 5. The van der Waals surface area contributed by atoms with Gasteiger partial charge in [-0.3, -0.25) is 4.99 Å². The summed E-state index contributed by atoms with van der Waals surface area (Å²) in [4.78, 5) is 22.8. The molecule has 1 amide bonds. The minimum atomic E-state index is -0.829. The molecule has 6 nitrogen and oxygen atoms in total. The van der Waals surface area contributed by atoms with Crippen molar-refractivity contribution < 1.29 is 14.7 Å². The van der Waals surface area contributed by atoms with Crippen LogP contribution in [-0.2, 0) is 4.84 Å². The Labute approximate surface area is 147 Å². The second-order valence-electron chi connectivity index (χ2n) is 7.12. The van der Waals surface area contributed by atoms with Gasteiger partial charge in [-0.05, 0) is 31.9 Å². The third kappa shape index (κ3) is 3.55. The van der Waals surface area contributed by atoms with Crippen LogP contribution in [0.1, 0.15) is 44.9 Å². The van der Waals surface area contributed by atoms with E-state index in [0.717, 1.165) is 32.1 Å². The van der Waals surface area contributed by atoms with Gasteiger partial charge in [-0.25, -0.2) is 4.79 Å². The number of thioether (sulfide) groups is 1. The van der Waals surface area contributed by atoms with E-state index >= 15 is 0 Å². The van der Waals surface area contributed by atoms with Gasteiger partial charge < -0.3 is 14.8 Å². The van der Waals surface area contributed by atoms with Crippen molar-refractivity contribution in [3.63, 3.8) is 0 Å². The van der Waals surface area contributed by atoms with Crippen molar-refractivity contribution in [3.05, 3.63) is 0 Å². The Morgan fingerprint density at radius 3 is 2.54 bits per heavy atom. The van der Waals surface area contributed by atoms with Crippen LogP contribution in [0.2, 0.25) is 0 Å². The number of piperidine rings is 1. The summed E-state index contributed by atoms with van der Waals surface area (Å²) in [6.45, 7) is 1.10. The summed E-state index contributed by atoms with van der Waals surface area (Å²) >= 11 is 1.77. The first-order valence-corrected chi connectivity index (χ1v) is 10.0. The van der Waals surface area contributed by atoms with Crippen LogP contribution in [0, 0.1) is 11.8 Å². The molecule has 0 aromatic heterocycles. The number of aliphatic imine (C=N–C) groups is 1. The molecule has 2 heterocycles. The normalized spacial score (nSPS) is 30.2. The molecule has 2 aliphatic heterocycles. The van der Waals surface area contributed by atoms with E-state index < -0.39 is 6.09 Å². The molecule has 1 saturated carbocycles. The lowest BCUT2D eigenvalue weighted by atomic mass is 9.76. The van der Waals surface area contributed by atoms with Crippen molar-refractivity contribution in [2.24, 2.45) is 22.0 Å². The van der Waals surface area contributed by atoms with E-state index in [9.17, 15) is 4.79 Å². The van der Waals surface area contributed by atoms with Gasteiger partial charge in [-0.2, -0.15) is 0 Å². The molecular weight excluding hydrogens is 326 g/mol. The van der Waals surface area contributed by atoms with Crippen molar-refractivity contribution in [3.8, 4) is 0 Å². The second-order valence-corrected chi connectivity index (χ2v) is 7.94. The zero-order valence-electron chi connectivity index (χ0n) is 14.5. The van der Waals surface area contributed by atoms with Gasteiger partial charge in [0.05, 0.1) is 10.8 Å². The molecule has 134 valence electrons. The highest BCUT2D eigenvalue weighted by atomic mass is 32.2. The third-order valence-corrected chi connectivity index (χ3v) is 6.72. The van der Waals surface area contributed by atoms with Gasteiger partial charge in [0.15, 0.2) is 0 Å². The molecular formula is C17H27N3O3S. The molecule has 0 aromatic rings. The van der Waals surface area contributed by atoms with Gasteiger partial charge in [-0.1, -0.05) is 5.16 Å². The maximum atomic E-state index is 11.0. The van der Waals surface area contributed by atoms with Gasteiger partial charge in [-0.15, -0.1) is 11.8 Å². The summed E-state index contributed by atoms with van der Waals surface area (Å²) in [6, 6.07) is 0. The number of rotatable bonds is 2. The lowest BCUT2D eigenvalue weighted by Gasteiger charge is -2.36. The molecule has 24 heavy (non-hydrogen) atoms. The summed E-state index contributed by atoms with van der Waals surface area (Å²) in [6.07, 6.45) is 8.33. The van der Waals surface area contributed by atoms with Crippen LogP contribution in [0.15, 0.2) is 10.1 Å². The average Bonchev–Trinajstić information content (AvgIpc) is 3.01. The standard InChI is InChI=1S/C17H27N3O3S/c1-18-15(24-2)13-5-3-12(4-6-13)14-11-17(23-19-14)7-9-20(10-8-17)16(21)22/h12-13H,3-11H2,1-2H3,(H,21,22)/t12-,13-. The van der Waals surface area contributed by atoms with Gasteiger partial charge in [0.25, 0.3) is 0 Å². The molecule has 3 aliphatic rings. The predicted molar refractivity (Wildman–Crippen MR) is 97.0 cm³/mol. The van der Waals surface area contributed by atoms with Crippen LogP contribution in [0.3, 0.4) is 0 Å². The molecule has 1 saturated heterocycles. The van der Waals surface area contributed by atoms with Crippen molar-refractivity contribution in [2.45, 2.75) is 50.5 Å². The molecule has 1 aliphatic carbocycles. The van der Waals surface area contributed by atoms with Crippen LogP contribution in [0.25, 0.3) is 0 Å². The lowest BCUT2D eigenvalue weighted by Crippen LogP contribution is -2.46. The predicted octanol–water partition coefficient (Wildman–Crippen LogP) is 3.47. The molecule has 7 heteroatoms. The van der Waals surface area contributed by atoms with Gasteiger partial charge in [0.1, 0.15) is 5.60 Å². The van der Waals surface area contributed by atoms with E-state index in [1.807, 2.05) is 7.05 Å². The Hall–Kier alpha value is -1.24. The minimum absolute atomic E-state index is 0.243. The van der Waals surface area contributed by atoms with Crippen molar-refractivity contribution in [2.75, 3.05) is 26.4 Å². The fraction of sp³-hybridized carbons (Fsp3) is 0.824. The van der Waals surface area contributed by atoms with Gasteiger partial charge >= 0.3 is 6.09 Å². The lowest BCUT2D eigenvalue weighted by molar-refractivity contribution is -0.0576. The third-order valence-electron chi connectivity index (χ3n) is 5.78. The Balaban J connectivity index is 1.51. The summed E-state index contributed by atoms with van der Waals surface area (Å²) in [7, 11) is 1.89. The van der Waals surface area contributed by atoms with Gasteiger partial charge in [0.2, 0.25) is 0 Å². The number of carbonyl (C=O) groups is 1.